The average Bonchev–Trinajstić information content (AvgIpc) is 3.19. The number of hydrazine groups is 1. The minimum atomic E-state index is -0.337. The zero-order valence-corrected chi connectivity index (χ0v) is 14.0. The quantitative estimate of drug-likeness (QED) is 0.475. The number of anilines is 3. The van der Waals surface area contributed by atoms with E-state index >= 15 is 0 Å². The van der Waals surface area contributed by atoms with Crippen molar-refractivity contribution < 1.29 is 13.9 Å². The van der Waals surface area contributed by atoms with E-state index in [1.54, 1.807) is 43.7 Å². The van der Waals surface area contributed by atoms with E-state index in [2.05, 4.69) is 26.1 Å². The lowest BCUT2D eigenvalue weighted by molar-refractivity contribution is 0.0962. The van der Waals surface area contributed by atoms with Gasteiger partial charge in [0.15, 0.2) is 11.6 Å². The number of nitrogens with one attached hydrogen (secondary N) is 3. The number of carbonyl (C=O) groups is 1. The average molecular weight is 354 g/mol. The van der Waals surface area contributed by atoms with E-state index in [9.17, 15) is 4.79 Å². The van der Waals surface area contributed by atoms with Gasteiger partial charge in [0, 0.05) is 5.56 Å². The van der Waals surface area contributed by atoms with Crippen molar-refractivity contribution in [3.05, 3.63) is 60.3 Å². The maximum Gasteiger partial charge on any atom is 0.269 e. The maximum absolute atomic E-state index is 12.2. The third-order valence-corrected chi connectivity index (χ3v) is 3.54. The third-order valence-electron chi connectivity index (χ3n) is 3.54. The molecule has 0 unspecified atom stereocenters. The van der Waals surface area contributed by atoms with Gasteiger partial charge in [0.05, 0.1) is 19.9 Å². The fraction of sp³-hybridized carbons (Fsp3) is 0.118. The smallest absolute Gasteiger partial charge is 0.269 e. The molecule has 1 aromatic carbocycles. The van der Waals surface area contributed by atoms with Crippen molar-refractivity contribution in [3.8, 4) is 5.75 Å². The number of amides is 1. The molecule has 0 aliphatic rings. The fourth-order valence-electron chi connectivity index (χ4n) is 2.15. The molecule has 9 nitrogen and oxygen atoms in total. The number of rotatable bonds is 7. The molecule has 3 rings (SSSR count). The summed E-state index contributed by atoms with van der Waals surface area (Å²) in [6, 6.07) is 10.3. The Balaban J connectivity index is 1.62. The van der Waals surface area contributed by atoms with Crippen LogP contribution in [0.25, 0.3) is 0 Å². The highest BCUT2D eigenvalue weighted by atomic mass is 16.5. The van der Waals surface area contributed by atoms with Gasteiger partial charge in [-0.25, -0.2) is 9.97 Å². The summed E-state index contributed by atoms with van der Waals surface area (Å²) in [5.74, 6) is 1.78. The van der Waals surface area contributed by atoms with Crippen molar-refractivity contribution in [2.24, 2.45) is 0 Å². The van der Waals surface area contributed by atoms with Crippen LogP contribution < -0.4 is 26.6 Å². The lowest BCUT2D eigenvalue weighted by Gasteiger charge is -2.12. The van der Waals surface area contributed by atoms with Gasteiger partial charge in [-0.15, -0.1) is 0 Å². The molecule has 0 spiro atoms. The Morgan fingerprint density at radius 3 is 2.65 bits per heavy atom. The Labute approximate surface area is 149 Å². The predicted octanol–water partition coefficient (Wildman–Crippen LogP) is 2.03. The van der Waals surface area contributed by atoms with E-state index in [4.69, 9.17) is 14.9 Å². The van der Waals surface area contributed by atoms with Crippen molar-refractivity contribution in [2.75, 3.05) is 23.6 Å². The van der Waals surface area contributed by atoms with Crippen molar-refractivity contribution in [1.82, 2.24) is 15.4 Å². The Morgan fingerprint density at radius 1 is 1.19 bits per heavy atom. The Morgan fingerprint density at radius 2 is 1.96 bits per heavy atom. The Hall–Kier alpha value is -3.75. The molecule has 2 aromatic heterocycles. The highest BCUT2D eigenvalue weighted by Gasteiger charge is 2.10. The monoisotopic (exact) mass is 354 g/mol. The van der Waals surface area contributed by atoms with E-state index in [0.29, 0.717) is 23.7 Å². The zero-order chi connectivity index (χ0) is 18.4. The zero-order valence-electron chi connectivity index (χ0n) is 14.0. The molecule has 0 bridgehead atoms. The predicted molar refractivity (Wildman–Crippen MR) is 96.6 cm³/mol. The molecule has 0 saturated heterocycles. The van der Waals surface area contributed by atoms with Crippen LogP contribution in [0.15, 0.2) is 53.4 Å². The lowest BCUT2D eigenvalue weighted by atomic mass is 10.2. The maximum atomic E-state index is 12.2. The first kappa shape index (κ1) is 17.1. The highest BCUT2D eigenvalue weighted by molar-refractivity contribution is 5.95. The second-order valence-corrected chi connectivity index (χ2v) is 5.23. The van der Waals surface area contributed by atoms with Crippen LogP contribution in [0.3, 0.4) is 0 Å². The Bertz CT molecular complexity index is 865. The standard InChI is InChI=1S/C17H18N6O3/c1-25-12-6-4-11(5-7-12)17(24)23-22-16-14(18)15(20-10-21-16)19-9-13-3-2-8-26-13/h2-8,10H,9,18H2,1H3,(H,23,24)(H2,19,20,21,22). The molecule has 0 fully saturated rings. The van der Waals surface area contributed by atoms with E-state index < -0.39 is 0 Å². The number of nitrogens with two attached hydrogens (primary N) is 1. The minimum Gasteiger partial charge on any atom is -0.497 e. The summed E-state index contributed by atoms with van der Waals surface area (Å²) in [5, 5.41) is 3.05. The number of hydrogen-bond acceptors (Lipinski definition) is 8. The fourth-order valence-corrected chi connectivity index (χ4v) is 2.15. The summed E-state index contributed by atoms with van der Waals surface area (Å²) in [6.45, 7) is 0.422. The molecule has 1 amide bonds. The van der Waals surface area contributed by atoms with Gasteiger partial charge < -0.3 is 20.2 Å². The van der Waals surface area contributed by atoms with Gasteiger partial charge in [-0.1, -0.05) is 0 Å². The first-order chi connectivity index (χ1) is 12.7. The summed E-state index contributed by atoms with van der Waals surface area (Å²) in [6.07, 6.45) is 2.92. The molecule has 134 valence electrons. The highest BCUT2D eigenvalue weighted by Crippen LogP contribution is 2.22. The number of hydrogen-bond donors (Lipinski definition) is 4. The number of methoxy groups -OCH3 is 1. The normalized spacial score (nSPS) is 10.2. The molecule has 26 heavy (non-hydrogen) atoms. The molecule has 5 N–H and O–H groups in total. The number of nitrogens with zero attached hydrogens (tertiary/aromatic N) is 2. The number of benzene rings is 1. The largest absolute Gasteiger partial charge is 0.497 e. The number of ether oxygens (including phenoxy) is 1. The molecule has 0 atom stereocenters. The van der Waals surface area contributed by atoms with Crippen LogP contribution in [0.5, 0.6) is 5.75 Å². The molecule has 0 aliphatic carbocycles. The van der Waals surface area contributed by atoms with Gasteiger partial charge >= 0.3 is 0 Å². The minimum absolute atomic E-state index is 0.272. The summed E-state index contributed by atoms with van der Waals surface area (Å²) in [4.78, 5) is 20.3. The topological polar surface area (TPSA) is 127 Å². The van der Waals surface area contributed by atoms with Crippen molar-refractivity contribution >= 4 is 23.2 Å². The van der Waals surface area contributed by atoms with Crippen LogP contribution in [-0.4, -0.2) is 23.0 Å². The molecule has 2 heterocycles. The second kappa shape index (κ2) is 7.88. The summed E-state index contributed by atoms with van der Waals surface area (Å²) in [5.41, 5.74) is 12.0. The van der Waals surface area contributed by atoms with Crippen LogP contribution in [0.1, 0.15) is 16.1 Å². The van der Waals surface area contributed by atoms with Crippen LogP contribution >= 0.6 is 0 Å². The molecule has 9 heteroatoms. The van der Waals surface area contributed by atoms with Crippen molar-refractivity contribution in [2.45, 2.75) is 6.54 Å². The number of aromatic nitrogens is 2. The van der Waals surface area contributed by atoms with Gasteiger partial charge in [-0.2, -0.15) is 0 Å². The first-order valence-electron chi connectivity index (χ1n) is 7.74. The van der Waals surface area contributed by atoms with E-state index in [0.717, 1.165) is 5.76 Å². The van der Waals surface area contributed by atoms with Crippen molar-refractivity contribution in [3.63, 3.8) is 0 Å². The van der Waals surface area contributed by atoms with E-state index in [1.165, 1.54) is 6.33 Å². The number of nitrogen functional groups attached to an aromatic ring is 1. The van der Waals surface area contributed by atoms with Gasteiger partial charge in [0.1, 0.15) is 23.5 Å². The molecule has 0 radical (unpaired) electrons. The summed E-state index contributed by atoms with van der Waals surface area (Å²) >= 11 is 0. The van der Waals surface area contributed by atoms with Crippen LogP contribution in [-0.2, 0) is 6.54 Å². The van der Waals surface area contributed by atoms with E-state index in [-0.39, 0.29) is 17.4 Å². The summed E-state index contributed by atoms with van der Waals surface area (Å²) in [7, 11) is 1.56. The molecular weight excluding hydrogens is 336 g/mol. The number of carbonyl (C=O) groups excluding carboxylic acids is 1. The SMILES string of the molecule is COc1ccc(C(=O)NNc2ncnc(NCc3ccco3)c2N)cc1. The number of furan rings is 1. The third kappa shape index (κ3) is 4.01. The first-order valence-corrected chi connectivity index (χ1v) is 7.74. The lowest BCUT2D eigenvalue weighted by Crippen LogP contribution is -2.30. The van der Waals surface area contributed by atoms with E-state index in [1.807, 2.05) is 6.07 Å². The second-order valence-electron chi connectivity index (χ2n) is 5.23. The van der Waals surface area contributed by atoms with Gasteiger partial charge in [-0.05, 0) is 36.4 Å². The van der Waals surface area contributed by atoms with Gasteiger partial charge in [0.2, 0.25) is 0 Å². The van der Waals surface area contributed by atoms with Crippen LogP contribution in [0.4, 0.5) is 17.3 Å². The molecule has 0 aliphatic heterocycles. The molecule has 0 saturated carbocycles. The Kier molecular flexibility index (Phi) is 5.18. The van der Waals surface area contributed by atoms with Gasteiger partial charge in [-0.3, -0.25) is 15.6 Å². The molecule has 3 aromatic rings. The summed E-state index contributed by atoms with van der Waals surface area (Å²) < 4.78 is 10.3. The van der Waals surface area contributed by atoms with Crippen LogP contribution in [0, 0.1) is 0 Å². The van der Waals surface area contributed by atoms with Crippen LogP contribution in [0.2, 0.25) is 0 Å². The van der Waals surface area contributed by atoms with Crippen molar-refractivity contribution in [1.29, 1.82) is 0 Å². The molecular formula is C17H18N6O3. The van der Waals surface area contributed by atoms with Gasteiger partial charge in [0.25, 0.3) is 5.91 Å².